The van der Waals surface area contributed by atoms with Crippen LogP contribution in [-0.4, -0.2) is 17.1 Å². The molecule has 0 aliphatic heterocycles. The Balaban J connectivity index is 1.27. The van der Waals surface area contributed by atoms with E-state index in [0.717, 1.165) is 40.6 Å². The second-order valence-electron chi connectivity index (χ2n) is 7.45. The van der Waals surface area contributed by atoms with Crippen LogP contribution in [0.2, 0.25) is 0 Å². The van der Waals surface area contributed by atoms with Gasteiger partial charge in [-0.1, -0.05) is 42.5 Å². The van der Waals surface area contributed by atoms with Gasteiger partial charge >= 0.3 is 0 Å². The number of nitrogens with one attached hydrogen (secondary N) is 2. The third-order valence-electron chi connectivity index (χ3n) is 5.30. The van der Waals surface area contributed by atoms with Crippen LogP contribution in [0.3, 0.4) is 0 Å². The zero-order chi connectivity index (χ0) is 21.0. The topological polar surface area (TPSA) is 49.9 Å². The standard InChI is InChI=1S/C26H23N3OS/c1-30-22-11-9-18(10-12-22)15-27-16-19-5-4-6-20(13-19)21-14-25(31-17-21)26-28-23-7-2-3-8-24(23)29-26/h2-14,17,27H,15-16H2,1H3,(H,28,29). The van der Waals surface area contributed by atoms with Crippen LogP contribution in [0.25, 0.3) is 32.9 Å². The van der Waals surface area contributed by atoms with Crippen molar-refractivity contribution in [3.05, 3.63) is 95.4 Å². The normalized spacial score (nSPS) is 11.1. The summed E-state index contributed by atoms with van der Waals surface area (Å²) in [5.74, 6) is 1.81. The van der Waals surface area contributed by atoms with Crippen LogP contribution in [0.5, 0.6) is 5.75 Å². The summed E-state index contributed by atoms with van der Waals surface area (Å²) >= 11 is 1.72. The summed E-state index contributed by atoms with van der Waals surface area (Å²) in [4.78, 5) is 9.29. The SMILES string of the molecule is COc1ccc(CNCc2cccc(-c3csc(-c4nc5ccccc5[nH]4)c3)c2)cc1. The Labute approximate surface area is 185 Å². The van der Waals surface area contributed by atoms with Crippen LogP contribution in [0.1, 0.15) is 11.1 Å². The van der Waals surface area contributed by atoms with Crippen molar-refractivity contribution in [2.45, 2.75) is 13.1 Å². The first kappa shape index (κ1) is 19.5. The number of hydrogen-bond donors (Lipinski definition) is 2. The summed E-state index contributed by atoms with van der Waals surface area (Å²) < 4.78 is 5.22. The Morgan fingerprint density at radius 1 is 0.871 bits per heavy atom. The number of benzene rings is 3. The molecule has 0 unspecified atom stereocenters. The van der Waals surface area contributed by atoms with Gasteiger partial charge in [0.15, 0.2) is 0 Å². The zero-order valence-corrected chi connectivity index (χ0v) is 18.1. The summed E-state index contributed by atoms with van der Waals surface area (Å²) in [6, 6.07) is 27.2. The lowest BCUT2D eigenvalue weighted by molar-refractivity contribution is 0.414. The predicted molar refractivity (Wildman–Crippen MR) is 128 cm³/mol. The quantitative estimate of drug-likeness (QED) is 0.324. The molecule has 154 valence electrons. The van der Waals surface area contributed by atoms with E-state index in [1.54, 1.807) is 18.4 Å². The van der Waals surface area contributed by atoms with Crippen molar-refractivity contribution in [1.82, 2.24) is 15.3 Å². The van der Waals surface area contributed by atoms with Crippen molar-refractivity contribution in [1.29, 1.82) is 0 Å². The van der Waals surface area contributed by atoms with Gasteiger partial charge < -0.3 is 15.0 Å². The molecule has 0 bridgehead atoms. The molecule has 5 heteroatoms. The summed E-state index contributed by atoms with van der Waals surface area (Å²) in [6.45, 7) is 1.64. The molecule has 0 saturated heterocycles. The van der Waals surface area contributed by atoms with Gasteiger partial charge in [-0.05, 0) is 64.0 Å². The van der Waals surface area contributed by atoms with Crippen molar-refractivity contribution in [3.63, 3.8) is 0 Å². The van der Waals surface area contributed by atoms with Gasteiger partial charge in [0.05, 0.1) is 23.0 Å². The number of aromatic nitrogens is 2. The summed E-state index contributed by atoms with van der Waals surface area (Å²) in [5.41, 5.74) is 7.02. The third-order valence-corrected chi connectivity index (χ3v) is 6.24. The number of hydrogen-bond acceptors (Lipinski definition) is 4. The van der Waals surface area contributed by atoms with Gasteiger partial charge in [-0.15, -0.1) is 11.3 Å². The van der Waals surface area contributed by atoms with E-state index >= 15 is 0 Å². The van der Waals surface area contributed by atoms with E-state index in [9.17, 15) is 0 Å². The van der Waals surface area contributed by atoms with E-state index in [-0.39, 0.29) is 0 Å². The molecule has 0 aliphatic carbocycles. The molecule has 0 spiro atoms. The van der Waals surface area contributed by atoms with E-state index in [1.165, 1.54) is 22.3 Å². The average molecular weight is 426 g/mol. The number of rotatable bonds is 7. The monoisotopic (exact) mass is 425 g/mol. The van der Waals surface area contributed by atoms with Gasteiger partial charge in [-0.3, -0.25) is 0 Å². The van der Waals surface area contributed by atoms with E-state index in [4.69, 9.17) is 9.72 Å². The number of aromatic amines is 1. The Morgan fingerprint density at radius 2 is 1.71 bits per heavy atom. The van der Waals surface area contributed by atoms with Gasteiger partial charge in [0.2, 0.25) is 0 Å². The average Bonchev–Trinajstić information content (AvgIpc) is 3.47. The van der Waals surface area contributed by atoms with Gasteiger partial charge in [0.25, 0.3) is 0 Å². The van der Waals surface area contributed by atoms with E-state index < -0.39 is 0 Å². The van der Waals surface area contributed by atoms with Crippen molar-refractivity contribution in [3.8, 4) is 27.6 Å². The molecule has 2 aromatic heterocycles. The molecular formula is C26H23N3OS. The second-order valence-corrected chi connectivity index (χ2v) is 8.37. The number of thiophene rings is 1. The highest BCUT2D eigenvalue weighted by atomic mass is 32.1. The molecular weight excluding hydrogens is 402 g/mol. The minimum absolute atomic E-state index is 0.820. The first-order valence-corrected chi connectivity index (χ1v) is 11.1. The van der Waals surface area contributed by atoms with Crippen LogP contribution < -0.4 is 10.1 Å². The van der Waals surface area contributed by atoms with Crippen molar-refractivity contribution in [2.24, 2.45) is 0 Å². The Hall–Kier alpha value is -3.41. The van der Waals surface area contributed by atoms with Gasteiger partial charge in [0.1, 0.15) is 11.6 Å². The molecule has 0 aliphatic rings. The van der Waals surface area contributed by atoms with Crippen LogP contribution in [0.4, 0.5) is 0 Å². The lowest BCUT2D eigenvalue weighted by atomic mass is 10.1. The number of imidazole rings is 1. The molecule has 2 N–H and O–H groups in total. The maximum atomic E-state index is 5.22. The maximum Gasteiger partial charge on any atom is 0.148 e. The lowest BCUT2D eigenvalue weighted by Gasteiger charge is -2.07. The Morgan fingerprint density at radius 3 is 2.55 bits per heavy atom. The van der Waals surface area contributed by atoms with Crippen molar-refractivity contribution >= 4 is 22.4 Å². The van der Waals surface area contributed by atoms with Crippen LogP contribution in [0.15, 0.2) is 84.2 Å². The van der Waals surface area contributed by atoms with E-state index in [0.29, 0.717) is 0 Å². The molecule has 31 heavy (non-hydrogen) atoms. The summed E-state index contributed by atoms with van der Waals surface area (Å²) in [6.07, 6.45) is 0. The van der Waals surface area contributed by atoms with Crippen LogP contribution in [-0.2, 0) is 13.1 Å². The highest BCUT2D eigenvalue weighted by Crippen LogP contribution is 2.32. The fourth-order valence-corrected chi connectivity index (χ4v) is 4.50. The van der Waals surface area contributed by atoms with Crippen LogP contribution >= 0.6 is 11.3 Å². The number of methoxy groups -OCH3 is 1. The number of para-hydroxylation sites is 2. The number of nitrogens with zero attached hydrogens (tertiary/aromatic N) is 1. The second kappa shape index (κ2) is 8.76. The Bertz CT molecular complexity index is 1270. The molecule has 5 aromatic rings. The van der Waals surface area contributed by atoms with Gasteiger partial charge in [-0.2, -0.15) is 0 Å². The predicted octanol–water partition coefficient (Wildman–Crippen LogP) is 6.26. The maximum absolute atomic E-state index is 5.22. The molecule has 0 radical (unpaired) electrons. The first-order valence-electron chi connectivity index (χ1n) is 10.2. The molecule has 0 fully saturated rings. The zero-order valence-electron chi connectivity index (χ0n) is 17.3. The minimum atomic E-state index is 0.820. The van der Waals surface area contributed by atoms with Crippen molar-refractivity contribution in [2.75, 3.05) is 7.11 Å². The molecule has 0 atom stereocenters. The molecule has 0 amide bonds. The number of fused-ring (bicyclic) bond motifs is 1. The first-order chi connectivity index (χ1) is 15.3. The fourth-order valence-electron chi connectivity index (χ4n) is 3.64. The number of H-pyrrole nitrogens is 1. The highest BCUT2D eigenvalue weighted by molar-refractivity contribution is 7.13. The smallest absolute Gasteiger partial charge is 0.148 e. The summed E-state index contributed by atoms with van der Waals surface area (Å²) in [5, 5.41) is 5.73. The fraction of sp³-hybridized carbons (Fsp3) is 0.115. The molecule has 4 nitrogen and oxygen atoms in total. The van der Waals surface area contributed by atoms with Crippen molar-refractivity contribution < 1.29 is 4.74 Å². The third kappa shape index (κ3) is 4.38. The van der Waals surface area contributed by atoms with Gasteiger partial charge in [0, 0.05) is 13.1 Å². The number of ether oxygens (including phenoxy) is 1. The largest absolute Gasteiger partial charge is 0.497 e. The molecule has 0 saturated carbocycles. The lowest BCUT2D eigenvalue weighted by Crippen LogP contribution is -2.12. The summed E-state index contributed by atoms with van der Waals surface area (Å²) in [7, 11) is 1.69. The molecule has 2 heterocycles. The highest BCUT2D eigenvalue weighted by Gasteiger charge is 2.09. The molecule has 5 rings (SSSR count). The minimum Gasteiger partial charge on any atom is -0.497 e. The Kier molecular flexibility index (Phi) is 5.52. The van der Waals surface area contributed by atoms with Gasteiger partial charge in [-0.25, -0.2) is 4.98 Å². The van der Waals surface area contributed by atoms with Crippen LogP contribution in [0, 0.1) is 0 Å². The van der Waals surface area contributed by atoms with E-state index in [1.807, 2.05) is 30.3 Å². The molecule has 3 aromatic carbocycles. The van der Waals surface area contributed by atoms with E-state index in [2.05, 4.69) is 64.2 Å².